The molecule has 1 fully saturated rings. The molecule has 0 unspecified atom stereocenters. The van der Waals surface area contributed by atoms with Gasteiger partial charge in [0.25, 0.3) is 11.5 Å². The molecule has 1 N–H and O–H groups in total. The minimum Gasteiger partial charge on any atom is -0.396 e. The molecule has 0 radical (unpaired) electrons. The second-order valence-electron chi connectivity index (χ2n) is 6.48. The zero-order chi connectivity index (χ0) is 16.4. The Morgan fingerprint density at radius 2 is 2.17 bits per heavy atom. The highest BCUT2D eigenvalue weighted by Crippen LogP contribution is 2.21. The Hall–Kier alpha value is -1.66. The highest BCUT2D eigenvalue weighted by atomic mass is 16.5. The number of carbonyl (C=O) groups excluding carboxylic acids is 1. The van der Waals surface area contributed by atoms with Crippen LogP contribution in [0.5, 0.6) is 0 Å². The SMILES string of the molecule is Cn1c2c(cc(C(=O)N3CCOC[C@H](CO)C3)c1=O)CCCC2. The number of hydrogen-bond acceptors (Lipinski definition) is 4. The van der Waals surface area contributed by atoms with E-state index in [4.69, 9.17) is 4.74 Å². The molecule has 0 spiro atoms. The molecule has 0 bridgehead atoms. The van der Waals surface area contributed by atoms with Crippen molar-refractivity contribution >= 4 is 5.91 Å². The summed E-state index contributed by atoms with van der Waals surface area (Å²) in [6, 6.07) is 1.79. The lowest BCUT2D eigenvalue weighted by molar-refractivity contribution is 0.0725. The van der Waals surface area contributed by atoms with Gasteiger partial charge in [0, 0.05) is 38.4 Å². The number of pyridine rings is 1. The third kappa shape index (κ3) is 3.19. The number of ether oxygens (including phenoxy) is 1. The van der Waals surface area contributed by atoms with Gasteiger partial charge in [0.2, 0.25) is 0 Å². The molecule has 1 aromatic rings. The normalized spacial score (nSPS) is 21.7. The molecule has 2 aliphatic rings. The number of carbonyl (C=O) groups is 1. The number of fused-ring (bicyclic) bond motifs is 1. The van der Waals surface area contributed by atoms with E-state index >= 15 is 0 Å². The molecule has 1 atom stereocenters. The van der Waals surface area contributed by atoms with Crippen molar-refractivity contribution in [1.82, 2.24) is 9.47 Å². The molecule has 1 aliphatic carbocycles. The summed E-state index contributed by atoms with van der Waals surface area (Å²) in [5, 5.41) is 9.36. The van der Waals surface area contributed by atoms with Crippen LogP contribution in [-0.4, -0.2) is 53.4 Å². The summed E-state index contributed by atoms with van der Waals surface area (Å²) in [6.45, 7) is 1.74. The number of aliphatic hydroxyl groups is 1. The lowest BCUT2D eigenvalue weighted by Gasteiger charge is -2.24. The molecule has 6 heteroatoms. The van der Waals surface area contributed by atoms with Crippen LogP contribution in [0, 0.1) is 5.92 Å². The molecule has 23 heavy (non-hydrogen) atoms. The predicted octanol–water partition coefficient (Wildman–Crippen LogP) is 0.345. The van der Waals surface area contributed by atoms with E-state index in [0.29, 0.717) is 26.3 Å². The quantitative estimate of drug-likeness (QED) is 0.853. The number of amides is 1. The van der Waals surface area contributed by atoms with Crippen molar-refractivity contribution in [2.75, 3.05) is 32.9 Å². The van der Waals surface area contributed by atoms with Crippen molar-refractivity contribution in [2.45, 2.75) is 25.7 Å². The van der Waals surface area contributed by atoms with Gasteiger partial charge in [0.1, 0.15) is 5.56 Å². The maximum absolute atomic E-state index is 12.8. The second-order valence-corrected chi connectivity index (χ2v) is 6.48. The monoisotopic (exact) mass is 320 g/mol. The van der Waals surface area contributed by atoms with Crippen LogP contribution in [0.3, 0.4) is 0 Å². The van der Waals surface area contributed by atoms with E-state index in [1.54, 1.807) is 22.6 Å². The average molecular weight is 320 g/mol. The van der Waals surface area contributed by atoms with Crippen molar-refractivity contribution in [1.29, 1.82) is 0 Å². The van der Waals surface area contributed by atoms with E-state index in [9.17, 15) is 14.7 Å². The first-order valence-corrected chi connectivity index (χ1v) is 8.31. The van der Waals surface area contributed by atoms with Crippen LogP contribution in [0.1, 0.15) is 34.5 Å². The van der Waals surface area contributed by atoms with Crippen molar-refractivity contribution in [3.63, 3.8) is 0 Å². The number of hydrogen-bond donors (Lipinski definition) is 1. The smallest absolute Gasteiger partial charge is 0.263 e. The maximum Gasteiger partial charge on any atom is 0.263 e. The van der Waals surface area contributed by atoms with Crippen molar-refractivity contribution in [3.05, 3.63) is 33.2 Å². The van der Waals surface area contributed by atoms with Gasteiger partial charge in [0.05, 0.1) is 13.2 Å². The third-order valence-corrected chi connectivity index (χ3v) is 4.85. The number of aromatic nitrogens is 1. The van der Waals surface area contributed by atoms with Gasteiger partial charge in [-0.1, -0.05) is 0 Å². The van der Waals surface area contributed by atoms with Gasteiger partial charge in [-0.2, -0.15) is 0 Å². The molecule has 0 saturated carbocycles. The summed E-state index contributed by atoms with van der Waals surface area (Å²) in [6.07, 6.45) is 4.02. The van der Waals surface area contributed by atoms with Crippen molar-refractivity contribution < 1.29 is 14.6 Å². The summed E-state index contributed by atoms with van der Waals surface area (Å²) in [4.78, 5) is 27.1. The molecular weight excluding hydrogens is 296 g/mol. The molecule has 0 aromatic carbocycles. The van der Waals surface area contributed by atoms with E-state index < -0.39 is 0 Å². The fourth-order valence-corrected chi connectivity index (χ4v) is 3.49. The first-order chi connectivity index (χ1) is 11.1. The molecule has 126 valence electrons. The van der Waals surface area contributed by atoms with Gasteiger partial charge in [0.15, 0.2) is 0 Å². The molecule has 1 aliphatic heterocycles. The number of aryl methyl sites for hydroxylation is 1. The highest BCUT2D eigenvalue weighted by Gasteiger charge is 2.26. The maximum atomic E-state index is 12.8. The van der Waals surface area contributed by atoms with Crippen LogP contribution in [0.15, 0.2) is 10.9 Å². The Labute approximate surface area is 135 Å². The number of rotatable bonds is 2. The van der Waals surface area contributed by atoms with Gasteiger partial charge in [-0.3, -0.25) is 9.59 Å². The Balaban J connectivity index is 1.92. The molecular formula is C17H24N2O4. The molecule has 3 rings (SSSR count). The fraction of sp³-hybridized carbons (Fsp3) is 0.647. The number of nitrogens with zero attached hydrogens (tertiary/aromatic N) is 2. The topological polar surface area (TPSA) is 71.8 Å². The van der Waals surface area contributed by atoms with Crippen LogP contribution in [-0.2, 0) is 24.6 Å². The van der Waals surface area contributed by atoms with Gasteiger partial charge < -0.3 is 19.3 Å². The summed E-state index contributed by atoms with van der Waals surface area (Å²) in [7, 11) is 1.76. The van der Waals surface area contributed by atoms with Crippen molar-refractivity contribution in [3.8, 4) is 0 Å². The summed E-state index contributed by atoms with van der Waals surface area (Å²) in [5.41, 5.74) is 2.20. The molecule has 1 aromatic heterocycles. The Kier molecular flexibility index (Phi) is 4.82. The van der Waals surface area contributed by atoms with E-state index in [1.165, 1.54) is 0 Å². The molecule has 1 amide bonds. The van der Waals surface area contributed by atoms with Crippen molar-refractivity contribution in [2.24, 2.45) is 13.0 Å². The van der Waals surface area contributed by atoms with E-state index in [2.05, 4.69) is 0 Å². The third-order valence-electron chi connectivity index (χ3n) is 4.85. The first kappa shape index (κ1) is 16.2. The average Bonchev–Trinajstić information content (AvgIpc) is 2.83. The summed E-state index contributed by atoms with van der Waals surface area (Å²) >= 11 is 0. The van der Waals surface area contributed by atoms with Crippen LogP contribution < -0.4 is 5.56 Å². The zero-order valence-corrected chi connectivity index (χ0v) is 13.6. The first-order valence-electron chi connectivity index (χ1n) is 8.31. The fourth-order valence-electron chi connectivity index (χ4n) is 3.49. The van der Waals surface area contributed by atoms with Gasteiger partial charge >= 0.3 is 0 Å². The Bertz CT molecular complexity index is 653. The van der Waals surface area contributed by atoms with Crippen LogP contribution in [0.2, 0.25) is 0 Å². The van der Waals surface area contributed by atoms with Crippen LogP contribution >= 0.6 is 0 Å². The molecule has 1 saturated heterocycles. The predicted molar refractivity (Wildman–Crippen MR) is 85.6 cm³/mol. The van der Waals surface area contributed by atoms with Gasteiger partial charge in [-0.15, -0.1) is 0 Å². The van der Waals surface area contributed by atoms with Crippen LogP contribution in [0.4, 0.5) is 0 Å². The minimum absolute atomic E-state index is 0.0218. The van der Waals surface area contributed by atoms with Crippen LogP contribution in [0.25, 0.3) is 0 Å². The lowest BCUT2D eigenvalue weighted by atomic mass is 9.94. The minimum atomic E-state index is -0.247. The molecule has 6 nitrogen and oxygen atoms in total. The summed E-state index contributed by atoms with van der Waals surface area (Å²) in [5.74, 6) is -0.342. The van der Waals surface area contributed by atoms with E-state index in [0.717, 1.165) is 36.9 Å². The van der Waals surface area contributed by atoms with Gasteiger partial charge in [-0.25, -0.2) is 0 Å². The zero-order valence-electron chi connectivity index (χ0n) is 13.6. The number of aliphatic hydroxyl groups excluding tert-OH is 1. The highest BCUT2D eigenvalue weighted by molar-refractivity contribution is 5.94. The largest absolute Gasteiger partial charge is 0.396 e. The Morgan fingerprint density at radius 1 is 1.39 bits per heavy atom. The summed E-state index contributed by atoms with van der Waals surface area (Å²) < 4.78 is 7.06. The second kappa shape index (κ2) is 6.84. The van der Waals surface area contributed by atoms with Gasteiger partial charge in [-0.05, 0) is 37.3 Å². The lowest BCUT2D eigenvalue weighted by Crippen LogP contribution is -2.41. The standard InChI is InChI=1S/C17H24N2O4/c1-18-15-5-3-2-4-13(15)8-14(16(18)21)17(22)19-6-7-23-11-12(9-19)10-20/h8,12,20H,2-7,9-11H2,1H3/t12-/m0/s1. The molecule has 2 heterocycles. The van der Waals surface area contributed by atoms with E-state index in [1.807, 2.05) is 0 Å². The Morgan fingerprint density at radius 3 is 2.96 bits per heavy atom. The van der Waals surface area contributed by atoms with E-state index in [-0.39, 0.29) is 29.6 Å².